The summed E-state index contributed by atoms with van der Waals surface area (Å²) >= 11 is 0. The van der Waals surface area contributed by atoms with Crippen LogP contribution < -0.4 is 5.32 Å². The van der Waals surface area contributed by atoms with Gasteiger partial charge in [0.05, 0.1) is 6.04 Å². The zero-order valence-corrected chi connectivity index (χ0v) is 13.5. The lowest BCUT2D eigenvalue weighted by molar-refractivity contribution is -0.137. The van der Waals surface area contributed by atoms with Crippen LogP contribution in [0, 0.1) is 5.41 Å². The molecule has 0 spiro atoms. The molecule has 0 aromatic rings. The predicted molar refractivity (Wildman–Crippen MR) is 80.7 cm³/mol. The maximum atomic E-state index is 12.1. The molecule has 0 bridgehead atoms. The minimum atomic E-state index is -0.754. The van der Waals surface area contributed by atoms with Crippen LogP contribution in [0.5, 0.6) is 0 Å². The third-order valence-electron chi connectivity index (χ3n) is 3.71. The molecule has 1 amide bonds. The number of hydrogen-bond acceptors (Lipinski definition) is 3. The van der Waals surface area contributed by atoms with Gasteiger partial charge in [-0.15, -0.1) is 0 Å². The number of aliphatic carboxylic acids is 1. The standard InChI is InChI=1S/C15H30N2O3/c1-6-17(7-2)14(20)12(3)16-11-10-15(4,5)9-8-13(18)19/h12,16H,6-11H2,1-5H3,(H,18,19). The Morgan fingerprint density at radius 1 is 1.20 bits per heavy atom. The van der Waals surface area contributed by atoms with Crippen LogP contribution in [0.3, 0.4) is 0 Å². The number of nitrogens with zero attached hydrogens (tertiary/aromatic N) is 1. The number of carbonyl (C=O) groups excluding carboxylic acids is 1. The zero-order valence-electron chi connectivity index (χ0n) is 13.5. The maximum absolute atomic E-state index is 12.1. The van der Waals surface area contributed by atoms with Gasteiger partial charge < -0.3 is 15.3 Å². The van der Waals surface area contributed by atoms with E-state index < -0.39 is 5.97 Å². The molecule has 20 heavy (non-hydrogen) atoms. The summed E-state index contributed by atoms with van der Waals surface area (Å²) in [6, 6.07) is -0.190. The predicted octanol–water partition coefficient (Wildman–Crippen LogP) is 2.11. The quantitative estimate of drug-likeness (QED) is 0.645. The molecule has 0 aliphatic rings. The number of carboxylic acids is 1. The van der Waals surface area contributed by atoms with Crippen molar-refractivity contribution in [3.63, 3.8) is 0 Å². The number of amides is 1. The Kier molecular flexibility index (Phi) is 8.46. The summed E-state index contributed by atoms with van der Waals surface area (Å²) in [4.78, 5) is 24.5. The van der Waals surface area contributed by atoms with E-state index in [1.54, 1.807) is 0 Å². The number of hydrogen-bond donors (Lipinski definition) is 2. The molecule has 1 unspecified atom stereocenters. The summed E-state index contributed by atoms with van der Waals surface area (Å²) in [6.07, 6.45) is 1.71. The van der Waals surface area contributed by atoms with Gasteiger partial charge in [0, 0.05) is 19.5 Å². The molecular weight excluding hydrogens is 256 g/mol. The molecular formula is C15H30N2O3. The zero-order chi connectivity index (χ0) is 15.8. The van der Waals surface area contributed by atoms with Gasteiger partial charge in [0.2, 0.25) is 5.91 Å². The smallest absolute Gasteiger partial charge is 0.303 e. The first-order valence-corrected chi connectivity index (χ1v) is 7.47. The summed E-state index contributed by atoms with van der Waals surface area (Å²) in [6.45, 7) is 12.1. The number of carboxylic acid groups (broad SMARTS) is 1. The van der Waals surface area contributed by atoms with E-state index in [-0.39, 0.29) is 23.8 Å². The van der Waals surface area contributed by atoms with Crippen LogP contribution in [0.15, 0.2) is 0 Å². The third kappa shape index (κ3) is 7.48. The minimum Gasteiger partial charge on any atom is -0.481 e. The highest BCUT2D eigenvalue weighted by molar-refractivity contribution is 5.81. The molecule has 0 saturated carbocycles. The first-order valence-electron chi connectivity index (χ1n) is 7.47. The van der Waals surface area contributed by atoms with E-state index in [0.29, 0.717) is 6.42 Å². The maximum Gasteiger partial charge on any atom is 0.303 e. The molecule has 1 atom stereocenters. The van der Waals surface area contributed by atoms with E-state index >= 15 is 0 Å². The van der Waals surface area contributed by atoms with Gasteiger partial charge in [-0.05, 0) is 45.6 Å². The summed E-state index contributed by atoms with van der Waals surface area (Å²) in [7, 11) is 0. The van der Waals surface area contributed by atoms with Gasteiger partial charge in [-0.25, -0.2) is 0 Å². The van der Waals surface area contributed by atoms with Crippen molar-refractivity contribution in [1.29, 1.82) is 0 Å². The van der Waals surface area contributed by atoms with E-state index in [0.717, 1.165) is 26.1 Å². The van der Waals surface area contributed by atoms with Crippen molar-refractivity contribution in [2.45, 2.75) is 59.9 Å². The first-order chi connectivity index (χ1) is 9.23. The molecule has 0 aromatic carbocycles. The topological polar surface area (TPSA) is 69.6 Å². The van der Waals surface area contributed by atoms with E-state index in [4.69, 9.17) is 5.11 Å². The molecule has 0 saturated heterocycles. The van der Waals surface area contributed by atoms with Crippen LogP contribution in [0.1, 0.15) is 53.9 Å². The molecule has 0 heterocycles. The molecule has 0 aliphatic heterocycles. The lowest BCUT2D eigenvalue weighted by Crippen LogP contribution is -2.45. The Hall–Kier alpha value is -1.10. The van der Waals surface area contributed by atoms with Gasteiger partial charge in [-0.1, -0.05) is 13.8 Å². The highest BCUT2D eigenvalue weighted by Gasteiger charge is 2.21. The second-order valence-corrected chi connectivity index (χ2v) is 5.99. The van der Waals surface area contributed by atoms with Crippen molar-refractivity contribution in [2.75, 3.05) is 19.6 Å². The van der Waals surface area contributed by atoms with Gasteiger partial charge in [0.15, 0.2) is 0 Å². The monoisotopic (exact) mass is 286 g/mol. The van der Waals surface area contributed by atoms with E-state index in [9.17, 15) is 9.59 Å². The molecule has 5 heteroatoms. The summed E-state index contributed by atoms with van der Waals surface area (Å²) in [5.41, 5.74) is -0.0244. The highest BCUT2D eigenvalue weighted by atomic mass is 16.4. The van der Waals surface area contributed by atoms with Crippen LogP contribution in [0.25, 0.3) is 0 Å². The number of rotatable bonds is 10. The SMILES string of the molecule is CCN(CC)C(=O)C(C)NCCC(C)(C)CCC(=O)O. The van der Waals surface area contributed by atoms with Gasteiger partial charge in [-0.3, -0.25) is 9.59 Å². The Morgan fingerprint density at radius 3 is 2.20 bits per heavy atom. The minimum absolute atomic E-state index is 0.0244. The molecule has 5 nitrogen and oxygen atoms in total. The molecule has 0 rings (SSSR count). The van der Waals surface area contributed by atoms with Gasteiger partial charge in [-0.2, -0.15) is 0 Å². The summed E-state index contributed by atoms with van der Waals surface area (Å²) in [5, 5.41) is 11.9. The second kappa shape index (κ2) is 8.95. The average Bonchev–Trinajstić information content (AvgIpc) is 2.37. The van der Waals surface area contributed by atoms with Crippen LogP contribution in [-0.4, -0.2) is 47.6 Å². The third-order valence-corrected chi connectivity index (χ3v) is 3.71. The highest BCUT2D eigenvalue weighted by Crippen LogP contribution is 2.26. The number of nitrogens with one attached hydrogen (secondary N) is 1. The Morgan fingerprint density at radius 2 is 1.75 bits per heavy atom. The molecule has 0 radical (unpaired) electrons. The van der Waals surface area contributed by atoms with Crippen molar-refractivity contribution in [1.82, 2.24) is 10.2 Å². The lowest BCUT2D eigenvalue weighted by atomic mass is 9.84. The normalized spacial score (nSPS) is 13.1. The molecule has 0 aromatic heterocycles. The fourth-order valence-corrected chi connectivity index (χ4v) is 2.09. The van der Waals surface area contributed by atoms with E-state index in [1.807, 2.05) is 25.7 Å². The number of likely N-dealkylation sites (N-methyl/N-ethyl adjacent to an activating group) is 1. The largest absolute Gasteiger partial charge is 0.481 e. The first kappa shape index (κ1) is 18.9. The van der Waals surface area contributed by atoms with Crippen molar-refractivity contribution >= 4 is 11.9 Å². The second-order valence-electron chi connectivity index (χ2n) is 5.99. The van der Waals surface area contributed by atoms with Crippen LogP contribution in [-0.2, 0) is 9.59 Å². The molecule has 0 aliphatic carbocycles. The molecule has 2 N–H and O–H groups in total. The summed E-state index contributed by atoms with van der Waals surface area (Å²) < 4.78 is 0. The van der Waals surface area contributed by atoms with Gasteiger partial charge >= 0.3 is 5.97 Å². The lowest BCUT2D eigenvalue weighted by Gasteiger charge is -2.27. The van der Waals surface area contributed by atoms with Crippen LogP contribution in [0.4, 0.5) is 0 Å². The molecule has 0 fully saturated rings. The van der Waals surface area contributed by atoms with Crippen molar-refractivity contribution in [3.05, 3.63) is 0 Å². The van der Waals surface area contributed by atoms with Crippen LogP contribution >= 0.6 is 0 Å². The fraction of sp³-hybridized carbons (Fsp3) is 0.867. The summed E-state index contributed by atoms with van der Waals surface area (Å²) in [5.74, 6) is -0.630. The van der Waals surface area contributed by atoms with Crippen molar-refractivity contribution in [2.24, 2.45) is 5.41 Å². The van der Waals surface area contributed by atoms with Crippen molar-refractivity contribution in [3.8, 4) is 0 Å². The Bertz CT molecular complexity index is 312. The van der Waals surface area contributed by atoms with Crippen LogP contribution in [0.2, 0.25) is 0 Å². The Balaban J connectivity index is 4.09. The fourth-order valence-electron chi connectivity index (χ4n) is 2.09. The van der Waals surface area contributed by atoms with Gasteiger partial charge in [0.1, 0.15) is 0 Å². The Labute approximate surface area is 122 Å². The van der Waals surface area contributed by atoms with E-state index in [1.165, 1.54) is 0 Å². The van der Waals surface area contributed by atoms with Gasteiger partial charge in [0.25, 0.3) is 0 Å². The number of carbonyl (C=O) groups is 2. The van der Waals surface area contributed by atoms with Crippen molar-refractivity contribution < 1.29 is 14.7 Å². The van der Waals surface area contributed by atoms with E-state index in [2.05, 4.69) is 19.2 Å². The molecule has 118 valence electrons. The average molecular weight is 286 g/mol.